The zero-order valence-corrected chi connectivity index (χ0v) is 14.8. The fourth-order valence-electron chi connectivity index (χ4n) is 3.08. The Hall–Kier alpha value is -2.99. The summed E-state index contributed by atoms with van der Waals surface area (Å²) in [5.41, 5.74) is 8.16. The highest BCUT2D eigenvalue weighted by molar-refractivity contribution is 6.07. The molecule has 2 heterocycles. The molecule has 1 aromatic carbocycles. The predicted octanol–water partition coefficient (Wildman–Crippen LogP) is 2.10. The number of benzene rings is 1. The molecule has 0 aliphatic heterocycles. The first-order valence-electron chi connectivity index (χ1n) is 8.43. The Morgan fingerprint density at radius 3 is 2.58 bits per heavy atom. The third kappa shape index (κ3) is 3.11. The lowest BCUT2D eigenvalue weighted by molar-refractivity contribution is 0.0988. The smallest absolute Gasteiger partial charge is 0.277 e. The van der Waals surface area contributed by atoms with Crippen molar-refractivity contribution >= 4 is 16.8 Å². The van der Waals surface area contributed by atoms with Crippen molar-refractivity contribution in [1.82, 2.24) is 9.55 Å². The van der Waals surface area contributed by atoms with Gasteiger partial charge in [0.2, 0.25) is 0 Å². The summed E-state index contributed by atoms with van der Waals surface area (Å²) in [6.45, 7) is 3.84. The van der Waals surface area contributed by atoms with Crippen LogP contribution in [0.15, 0.2) is 47.4 Å². The van der Waals surface area contributed by atoms with Crippen LogP contribution in [0.5, 0.6) is 0 Å². The van der Waals surface area contributed by atoms with Crippen LogP contribution in [-0.2, 0) is 6.54 Å². The molecule has 0 aliphatic carbocycles. The summed E-state index contributed by atoms with van der Waals surface area (Å²) in [4.78, 5) is 29.5. The first kappa shape index (κ1) is 17.8. The molecule has 3 aromatic rings. The van der Waals surface area contributed by atoms with Gasteiger partial charge >= 0.3 is 0 Å². The van der Waals surface area contributed by atoms with Gasteiger partial charge in [0, 0.05) is 30.3 Å². The number of aryl methyl sites for hydroxylation is 1. The molecule has 26 heavy (non-hydrogen) atoms. The van der Waals surface area contributed by atoms with Gasteiger partial charge in [-0.2, -0.15) is 0 Å². The number of carbonyl (C=O) groups excluding carboxylic acids is 1. The van der Waals surface area contributed by atoms with Gasteiger partial charge in [0.25, 0.3) is 11.5 Å². The summed E-state index contributed by atoms with van der Waals surface area (Å²) in [5.74, 6) is -0.897. The van der Waals surface area contributed by atoms with E-state index in [0.29, 0.717) is 10.9 Å². The topological polar surface area (TPSA) is 98.2 Å². The van der Waals surface area contributed by atoms with E-state index in [2.05, 4.69) is 4.98 Å². The first-order valence-corrected chi connectivity index (χ1v) is 8.43. The normalized spacial score (nSPS) is 12.3. The number of rotatable bonds is 5. The number of pyridine rings is 2. The van der Waals surface area contributed by atoms with E-state index in [0.717, 1.165) is 11.1 Å². The fraction of sp³-hybridized carbons (Fsp3) is 0.250. The van der Waals surface area contributed by atoms with Crippen molar-refractivity contribution in [3.05, 3.63) is 64.2 Å². The van der Waals surface area contributed by atoms with Gasteiger partial charge < -0.3 is 15.4 Å². The van der Waals surface area contributed by atoms with Crippen LogP contribution in [-0.4, -0.2) is 27.2 Å². The molecule has 3 N–H and O–H groups in total. The number of nitrogens with zero attached hydrogens (tertiary/aromatic N) is 2. The number of nitrogens with two attached hydrogens (primary N) is 1. The summed E-state index contributed by atoms with van der Waals surface area (Å²) < 4.78 is 1.34. The Kier molecular flexibility index (Phi) is 4.86. The molecule has 0 aliphatic rings. The van der Waals surface area contributed by atoms with Crippen molar-refractivity contribution in [3.8, 4) is 11.1 Å². The zero-order valence-electron chi connectivity index (χ0n) is 14.8. The minimum atomic E-state index is -0.687. The average molecular weight is 351 g/mol. The van der Waals surface area contributed by atoms with Crippen LogP contribution in [0.25, 0.3) is 22.0 Å². The molecular weight excluding hydrogens is 330 g/mol. The average Bonchev–Trinajstić information content (AvgIpc) is 2.64. The minimum absolute atomic E-state index is 0.106. The molecule has 0 radical (unpaired) electrons. The molecule has 134 valence electrons. The molecule has 2 aromatic heterocycles. The standard InChI is InChI=1S/C20H21N3O3/c1-12-5-7-14(8-6-12)16-15-4-3-9-22-17(15)20(26)23(10-13(2)11-24)18(16)19(21)25/h3-9,13,24H,10-11H2,1-2H3,(H2,21,25). The third-order valence-corrected chi connectivity index (χ3v) is 4.41. The summed E-state index contributed by atoms with van der Waals surface area (Å²) in [6, 6.07) is 11.2. The molecule has 0 fully saturated rings. The molecule has 6 nitrogen and oxygen atoms in total. The van der Waals surface area contributed by atoms with E-state index in [4.69, 9.17) is 5.73 Å². The second-order valence-corrected chi connectivity index (χ2v) is 6.56. The Morgan fingerprint density at radius 1 is 1.27 bits per heavy atom. The number of hydrogen-bond acceptors (Lipinski definition) is 4. The van der Waals surface area contributed by atoms with Crippen molar-refractivity contribution in [2.45, 2.75) is 20.4 Å². The van der Waals surface area contributed by atoms with E-state index in [1.807, 2.05) is 31.2 Å². The molecule has 1 amide bonds. The van der Waals surface area contributed by atoms with Gasteiger partial charge in [-0.25, -0.2) is 0 Å². The van der Waals surface area contributed by atoms with E-state index in [-0.39, 0.29) is 35.8 Å². The molecule has 0 saturated heterocycles. The van der Waals surface area contributed by atoms with Gasteiger partial charge in [0.05, 0.1) is 0 Å². The van der Waals surface area contributed by atoms with Crippen LogP contribution in [0.2, 0.25) is 0 Å². The zero-order chi connectivity index (χ0) is 18.8. The number of amides is 1. The number of fused-ring (bicyclic) bond motifs is 1. The molecule has 3 rings (SSSR count). The lowest BCUT2D eigenvalue weighted by Gasteiger charge is -2.19. The maximum Gasteiger partial charge on any atom is 0.277 e. The second-order valence-electron chi connectivity index (χ2n) is 6.56. The number of aliphatic hydroxyl groups excluding tert-OH is 1. The summed E-state index contributed by atoms with van der Waals surface area (Å²) >= 11 is 0. The van der Waals surface area contributed by atoms with E-state index in [9.17, 15) is 14.7 Å². The maximum atomic E-state index is 13.0. The largest absolute Gasteiger partial charge is 0.396 e. The van der Waals surface area contributed by atoms with Gasteiger partial charge in [0.1, 0.15) is 11.2 Å². The first-order chi connectivity index (χ1) is 12.4. The van der Waals surface area contributed by atoms with Crippen molar-refractivity contribution < 1.29 is 9.90 Å². The Bertz CT molecular complexity index is 1020. The van der Waals surface area contributed by atoms with E-state index < -0.39 is 5.91 Å². The Labute approximate surface area is 150 Å². The molecule has 0 saturated carbocycles. The van der Waals surface area contributed by atoms with E-state index in [1.54, 1.807) is 25.3 Å². The minimum Gasteiger partial charge on any atom is -0.396 e. The lowest BCUT2D eigenvalue weighted by atomic mass is 9.97. The van der Waals surface area contributed by atoms with Gasteiger partial charge in [-0.3, -0.25) is 14.6 Å². The summed E-state index contributed by atoms with van der Waals surface area (Å²) in [6.07, 6.45) is 1.55. The number of aromatic nitrogens is 2. The van der Waals surface area contributed by atoms with Crippen molar-refractivity contribution in [3.63, 3.8) is 0 Å². The third-order valence-electron chi connectivity index (χ3n) is 4.41. The Morgan fingerprint density at radius 2 is 1.96 bits per heavy atom. The monoisotopic (exact) mass is 351 g/mol. The number of primary amides is 1. The summed E-state index contributed by atoms with van der Waals surface area (Å²) in [7, 11) is 0. The summed E-state index contributed by atoms with van der Waals surface area (Å²) in [5, 5.41) is 9.99. The van der Waals surface area contributed by atoms with Crippen LogP contribution in [0.1, 0.15) is 23.0 Å². The van der Waals surface area contributed by atoms with Crippen LogP contribution < -0.4 is 11.3 Å². The predicted molar refractivity (Wildman–Crippen MR) is 101 cm³/mol. The molecule has 0 bridgehead atoms. The van der Waals surface area contributed by atoms with Gasteiger partial charge in [-0.15, -0.1) is 0 Å². The molecule has 0 spiro atoms. The fourth-order valence-corrected chi connectivity index (χ4v) is 3.08. The van der Waals surface area contributed by atoms with Gasteiger partial charge in [-0.05, 0) is 24.5 Å². The second kappa shape index (κ2) is 7.09. The lowest BCUT2D eigenvalue weighted by Crippen LogP contribution is -2.33. The van der Waals surface area contributed by atoms with Crippen molar-refractivity contribution in [2.24, 2.45) is 11.7 Å². The highest BCUT2D eigenvalue weighted by atomic mass is 16.3. The Balaban J connectivity index is 2.45. The number of carbonyl (C=O) groups is 1. The SMILES string of the molecule is Cc1ccc(-c2c(C(N)=O)n(CC(C)CO)c(=O)c3ncccc23)cc1. The highest BCUT2D eigenvalue weighted by Crippen LogP contribution is 2.30. The highest BCUT2D eigenvalue weighted by Gasteiger charge is 2.23. The van der Waals surface area contributed by atoms with Crippen molar-refractivity contribution in [2.75, 3.05) is 6.61 Å². The number of aliphatic hydroxyl groups is 1. The number of hydrogen-bond donors (Lipinski definition) is 2. The van der Waals surface area contributed by atoms with E-state index in [1.165, 1.54) is 4.57 Å². The van der Waals surface area contributed by atoms with Crippen LogP contribution in [0.3, 0.4) is 0 Å². The van der Waals surface area contributed by atoms with Crippen molar-refractivity contribution in [1.29, 1.82) is 0 Å². The van der Waals surface area contributed by atoms with Gasteiger partial charge in [0.15, 0.2) is 0 Å². The molecule has 6 heteroatoms. The van der Waals surface area contributed by atoms with Gasteiger partial charge in [-0.1, -0.05) is 42.8 Å². The molecule has 1 atom stereocenters. The maximum absolute atomic E-state index is 13.0. The molecular formula is C20H21N3O3. The quantitative estimate of drug-likeness (QED) is 0.735. The van der Waals surface area contributed by atoms with Crippen LogP contribution >= 0.6 is 0 Å². The molecule has 1 unspecified atom stereocenters. The van der Waals surface area contributed by atoms with E-state index >= 15 is 0 Å². The van der Waals surface area contributed by atoms with Crippen LogP contribution in [0, 0.1) is 12.8 Å². The van der Waals surface area contributed by atoms with Crippen LogP contribution in [0.4, 0.5) is 0 Å².